The predicted molar refractivity (Wildman–Crippen MR) is 78.2 cm³/mol. The first-order valence-electron chi connectivity index (χ1n) is 6.25. The molecular weight excluding hydrogens is 282 g/mol. The maximum atomic E-state index is 11.9. The first-order chi connectivity index (χ1) is 9.32. The molecular formula is C13H18ClN3O3. The number of carbonyl (C=O) groups is 1. The molecule has 0 aliphatic rings. The Kier molecular flexibility index (Phi) is 5.91. The molecule has 1 amide bonds. The van der Waals surface area contributed by atoms with Crippen molar-refractivity contribution in [3.8, 4) is 0 Å². The Morgan fingerprint density at radius 1 is 1.50 bits per heavy atom. The molecule has 110 valence electrons. The van der Waals surface area contributed by atoms with E-state index >= 15 is 0 Å². The molecule has 0 saturated heterocycles. The zero-order valence-electron chi connectivity index (χ0n) is 11.7. The van der Waals surface area contributed by atoms with Crippen LogP contribution in [-0.2, 0) is 0 Å². The number of carbonyl (C=O) groups excluding carboxylic acids is 1. The minimum absolute atomic E-state index is 0.0195. The number of halogens is 1. The number of nitro groups is 1. The summed E-state index contributed by atoms with van der Waals surface area (Å²) >= 11 is 5.70. The van der Waals surface area contributed by atoms with Crippen LogP contribution in [0.4, 0.5) is 5.69 Å². The van der Waals surface area contributed by atoms with Gasteiger partial charge in [-0.25, -0.2) is 0 Å². The van der Waals surface area contributed by atoms with Crippen LogP contribution in [0.3, 0.4) is 0 Å². The average Bonchev–Trinajstić information content (AvgIpc) is 2.38. The van der Waals surface area contributed by atoms with E-state index in [0.29, 0.717) is 19.1 Å². The molecule has 1 aromatic rings. The molecule has 0 saturated carbocycles. The Morgan fingerprint density at radius 3 is 2.70 bits per heavy atom. The molecule has 0 aromatic heterocycles. The maximum Gasteiger partial charge on any atom is 0.288 e. The van der Waals surface area contributed by atoms with Gasteiger partial charge in [-0.15, -0.1) is 0 Å². The fourth-order valence-corrected chi connectivity index (χ4v) is 1.69. The van der Waals surface area contributed by atoms with E-state index in [9.17, 15) is 14.9 Å². The molecule has 0 fully saturated rings. The van der Waals surface area contributed by atoms with Crippen LogP contribution in [0.1, 0.15) is 24.2 Å². The third kappa shape index (κ3) is 4.47. The van der Waals surface area contributed by atoms with Gasteiger partial charge in [-0.2, -0.15) is 0 Å². The topological polar surface area (TPSA) is 75.5 Å². The predicted octanol–water partition coefficient (Wildman–Crippen LogP) is 2.32. The van der Waals surface area contributed by atoms with Crippen LogP contribution in [0.2, 0.25) is 5.02 Å². The largest absolute Gasteiger partial charge is 0.351 e. The second-order valence-electron chi connectivity index (χ2n) is 4.75. The first-order valence-corrected chi connectivity index (χ1v) is 6.63. The summed E-state index contributed by atoms with van der Waals surface area (Å²) in [4.78, 5) is 24.1. The van der Waals surface area contributed by atoms with Gasteiger partial charge in [0.05, 0.1) is 4.92 Å². The number of nitrogens with zero attached hydrogens (tertiary/aromatic N) is 2. The van der Waals surface area contributed by atoms with Crippen molar-refractivity contribution in [2.45, 2.75) is 19.9 Å². The van der Waals surface area contributed by atoms with Gasteiger partial charge in [0.1, 0.15) is 5.02 Å². The molecule has 20 heavy (non-hydrogen) atoms. The van der Waals surface area contributed by atoms with Gasteiger partial charge in [-0.3, -0.25) is 14.9 Å². The van der Waals surface area contributed by atoms with E-state index in [0.717, 1.165) is 0 Å². The molecule has 1 rings (SSSR count). The molecule has 1 N–H and O–H groups in total. The van der Waals surface area contributed by atoms with Gasteiger partial charge < -0.3 is 10.2 Å². The zero-order valence-corrected chi connectivity index (χ0v) is 12.5. The minimum atomic E-state index is -0.606. The van der Waals surface area contributed by atoms with E-state index in [-0.39, 0.29) is 22.2 Å². The van der Waals surface area contributed by atoms with Crippen molar-refractivity contribution >= 4 is 23.2 Å². The second-order valence-corrected chi connectivity index (χ2v) is 5.16. The van der Waals surface area contributed by atoms with Gasteiger partial charge in [0.25, 0.3) is 11.6 Å². The standard InChI is InChI=1S/C13H18ClN3O3/c1-9(2)16(3)7-6-15-13(18)10-4-5-11(14)12(8-10)17(19)20/h4-5,8-9H,6-7H2,1-3H3,(H,15,18). The lowest BCUT2D eigenvalue weighted by Crippen LogP contribution is -2.36. The summed E-state index contributed by atoms with van der Waals surface area (Å²) in [6.45, 7) is 5.30. The van der Waals surface area contributed by atoms with Crippen LogP contribution < -0.4 is 5.32 Å². The molecule has 0 aliphatic heterocycles. The fraction of sp³-hybridized carbons (Fsp3) is 0.462. The van der Waals surface area contributed by atoms with Gasteiger partial charge in [0.2, 0.25) is 0 Å². The molecule has 0 spiro atoms. The number of benzene rings is 1. The van der Waals surface area contributed by atoms with Crippen molar-refractivity contribution in [2.24, 2.45) is 0 Å². The lowest BCUT2D eigenvalue weighted by molar-refractivity contribution is -0.384. The van der Waals surface area contributed by atoms with E-state index in [1.165, 1.54) is 18.2 Å². The number of likely N-dealkylation sites (N-methyl/N-ethyl adjacent to an activating group) is 1. The number of hydrogen-bond donors (Lipinski definition) is 1. The number of hydrogen-bond acceptors (Lipinski definition) is 4. The molecule has 0 bridgehead atoms. The lowest BCUT2D eigenvalue weighted by Gasteiger charge is -2.20. The fourth-order valence-electron chi connectivity index (χ4n) is 1.50. The maximum absolute atomic E-state index is 11.9. The summed E-state index contributed by atoms with van der Waals surface area (Å²) < 4.78 is 0. The summed E-state index contributed by atoms with van der Waals surface area (Å²) in [5.41, 5.74) is -0.0353. The minimum Gasteiger partial charge on any atom is -0.351 e. The van der Waals surface area contributed by atoms with Crippen molar-refractivity contribution < 1.29 is 9.72 Å². The SMILES string of the molecule is CC(C)N(C)CCNC(=O)c1ccc(Cl)c([N+](=O)[O-])c1. The highest BCUT2D eigenvalue weighted by molar-refractivity contribution is 6.32. The summed E-state index contributed by atoms with van der Waals surface area (Å²) in [6.07, 6.45) is 0. The van der Waals surface area contributed by atoms with Crippen LogP contribution in [0.5, 0.6) is 0 Å². The van der Waals surface area contributed by atoms with Crippen LogP contribution >= 0.6 is 11.6 Å². The van der Waals surface area contributed by atoms with Crippen molar-refractivity contribution in [3.63, 3.8) is 0 Å². The van der Waals surface area contributed by atoms with E-state index < -0.39 is 4.92 Å². The molecule has 0 aliphatic carbocycles. The normalized spacial score (nSPS) is 10.9. The van der Waals surface area contributed by atoms with Gasteiger partial charge in [0.15, 0.2) is 0 Å². The third-order valence-corrected chi connectivity index (χ3v) is 3.36. The van der Waals surface area contributed by atoms with Gasteiger partial charge in [-0.05, 0) is 33.0 Å². The number of nitrogens with one attached hydrogen (secondary N) is 1. The number of nitro benzene ring substituents is 1. The Balaban J connectivity index is 2.64. The number of rotatable bonds is 6. The average molecular weight is 300 g/mol. The molecule has 0 atom stereocenters. The number of amides is 1. The zero-order chi connectivity index (χ0) is 15.3. The summed E-state index contributed by atoms with van der Waals surface area (Å²) in [5.74, 6) is -0.345. The van der Waals surface area contributed by atoms with Gasteiger partial charge in [-0.1, -0.05) is 11.6 Å². The molecule has 0 heterocycles. The highest BCUT2D eigenvalue weighted by atomic mass is 35.5. The third-order valence-electron chi connectivity index (χ3n) is 3.04. The van der Waals surface area contributed by atoms with Crippen LogP contribution in [0.25, 0.3) is 0 Å². The van der Waals surface area contributed by atoms with Gasteiger partial charge in [0, 0.05) is 30.8 Å². The quantitative estimate of drug-likeness (QED) is 0.646. The van der Waals surface area contributed by atoms with Crippen LogP contribution in [0, 0.1) is 10.1 Å². The molecule has 0 radical (unpaired) electrons. The lowest BCUT2D eigenvalue weighted by atomic mass is 10.2. The van der Waals surface area contributed by atoms with Crippen LogP contribution in [0.15, 0.2) is 18.2 Å². The molecule has 6 nitrogen and oxygen atoms in total. The first kappa shape index (κ1) is 16.4. The highest BCUT2D eigenvalue weighted by Crippen LogP contribution is 2.24. The molecule has 0 unspecified atom stereocenters. The summed E-state index contributed by atoms with van der Waals surface area (Å²) in [5, 5.41) is 13.5. The summed E-state index contributed by atoms with van der Waals surface area (Å²) in [7, 11) is 1.96. The van der Waals surface area contributed by atoms with Crippen LogP contribution in [-0.4, -0.2) is 41.9 Å². The Bertz CT molecular complexity index is 506. The van der Waals surface area contributed by atoms with Gasteiger partial charge >= 0.3 is 0 Å². The van der Waals surface area contributed by atoms with Crippen molar-refractivity contribution in [3.05, 3.63) is 38.9 Å². The van der Waals surface area contributed by atoms with E-state index in [4.69, 9.17) is 11.6 Å². The van der Waals surface area contributed by atoms with E-state index in [1.54, 1.807) is 0 Å². The second kappa shape index (κ2) is 7.21. The molecule has 1 aromatic carbocycles. The Morgan fingerprint density at radius 2 is 2.15 bits per heavy atom. The summed E-state index contributed by atoms with van der Waals surface area (Å²) in [6, 6.07) is 4.40. The van der Waals surface area contributed by atoms with E-state index in [2.05, 4.69) is 24.1 Å². The van der Waals surface area contributed by atoms with Crippen molar-refractivity contribution in [1.29, 1.82) is 0 Å². The molecule has 7 heteroatoms. The Hall–Kier alpha value is -1.66. The van der Waals surface area contributed by atoms with Crippen molar-refractivity contribution in [2.75, 3.05) is 20.1 Å². The smallest absolute Gasteiger partial charge is 0.288 e. The van der Waals surface area contributed by atoms with E-state index in [1.807, 2.05) is 7.05 Å². The monoisotopic (exact) mass is 299 g/mol. The van der Waals surface area contributed by atoms with Crippen molar-refractivity contribution in [1.82, 2.24) is 10.2 Å². The highest BCUT2D eigenvalue weighted by Gasteiger charge is 2.16. The Labute approximate surface area is 122 Å².